The van der Waals surface area contributed by atoms with Crippen LogP contribution in [0.1, 0.15) is 18.1 Å². The monoisotopic (exact) mass is 479 g/mol. The Kier molecular flexibility index (Phi) is 5.26. The van der Waals surface area contributed by atoms with Crippen LogP contribution in [0.25, 0.3) is 15.9 Å². The number of aryl methyl sites for hydroxylation is 2. The fraction of sp³-hybridized carbons (Fsp3) is 0.174. The number of ether oxygens (including phenoxy) is 1. The Balaban J connectivity index is 1.65. The molecule has 0 bridgehead atoms. The van der Waals surface area contributed by atoms with Gasteiger partial charge in [-0.15, -0.1) is 16.4 Å². The highest BCUT2D eigenvalue weighted by Crippen LogP contribution is 2.33. The van der Waals surface area contributed by atoms with Crippen molar-refractivity contribution in [3.05, 3.63) is 65.0 Å². The summed E-state index contributed by atoms with van der Waals surface area (Å²) in [6.07, 6.45) is 0. The first kappa shape index (κ1) is 21.4. The Morgan fingerprint density at radius 1 is 1.09 bits per heavy atom. The molecule has 33 heavy (non-hydrogen) atoms. The van der Waals surface area contributed by atoms with E-state index in [1.165, 1.54) is 15.9 Å². The second-order valence-electron chi connectivity index (χ2n) is 7.58. The Morgan fingerprint density at radius 2 is 1.88 bits per heavy atom. The quantitative estimate of drug-likeness (QED) is 0.369. The minimum absolute atomic E-state index is 0.168. The van der Waals surface area contributed by atoms with E-state index in [0.717, 1.165) is 27.2 Å². The van der Waals surface area contributed by atoms with Gasteiger partial charge >= 0.3 is 0 Å². The van der Waals surface area contributed by atoms with E-state index in [4.69, 9.17) is 4.74 Å². The van der Waals surface area contributed by atoms with Crippen LogP contribution in [0, 0.1) is 13.8 Å². The van der Waals surface area contributed by atoms with Crippen molar-refractivity contribution in [1.29, 1.82) is 0 Å². The molecule has 3 heterocycles. The number of aromatic nitrogens is 4. The minimum Gasteiger partial charge on any atom is -0.494 e. The fourth-order valence-corrected chi connectivity index (χ4v) is 6.00. The summed E-state index contributed by atoms with van der Waals surface area (Å²) in [7, 11) is -3.93. The SMILES string of the molecule is CCOc1ccc(Nc2nc3c(S(=O)(=O)c4cc(C)ccc4C)nnn3c3ccsc23)cc1. The average molecular weight is 480 g/mol. The molecule has 0 aliphatic heterocycles. The number of rotatable bonds is 6. The topological polar surface area (TPSA) is 98.5 Å². The first-order valence-electron chi connectivity index (χ1n) is 10.3. The van der Waals surface area contributed by atoms with Gasteiger partial charge in [-0.1, -0.05) is 17.3 Å². The van der Waals surface area contributed by atoms with E-state index in [-0.39, 0.29) is 15.6 Å². The zero-order valence-electron chi connectivity index (χ0n) is 18.2. The molecule has 0 fully saturated rings. The summed E-state index contributed by atoms with van der Waals surface area (Å²) in [4.78, 5) is 4.87. The smallest absolute Gasteiger partial charge is 0.229 e. The molecule has 0 radical (unpaired) electrons. The van der Waals surface area contributed by atoms with Crippen LogP contribution in [-0.2, 0) is 9.84 Å². The first-order chi connectivity index (χ1) is 15.9. The summed E-state index contributed by atoms with van der Waals surface area (Å²) < 4.78 is 34.9. The van der Waals surface area contributed by atoms with Gasteiger partial charge in [-0.2, -0.15) is 4.52 Å². The van der Waals surface area contributed by atoms with Crippen LogP contribution in [0.4, 0.5) is 11.5 Å². The molecule has 8 nitrogen and oxygen atoms in total. The summed E-state index contributed by atoms with van der Waals surface area (Å²) >= 11 is 1.49. The van der Waals surface area contributed by atoms with Gasteiger partial charge in [0.25, 0.3) is 0 Å². The molecule has 0 aliphatic rings. The Bertz CT molecular complexity index is 1590. The number of sulfone groups is 1. The molecule has 5 rings (SSSR count). The number of hydrogen-bond donors (Lipinski definition) is 1. The zero-order valence-corrected chi connectivity index (χ0v) is 19.9. The Morgan fingerprint density at radius 3 is 2.64 bits per heavy atom. The lowest BCUT2D eigenvalue weighted by atomic mass is 10.2. The highest BCUT2D eigenvalue weighted by Gasteiger charge is 2.28. The van der Waals surface area contributed by atoms with Gasteiger partial charge in [0.05, 0.1) is 21.7 Å². The number of benzene rings is 2. The van der Waals surface area contributed by atoms with Gasteiger partial charge in [0.2, 0.25) is 14.9 Å². The summed E-state index contributed by atoms with van der Waals surface area (Å²) in [5, 5.41) is 13.2. The lowest BCUT2D eigenvalue weighted by molar-refractivity contribution is 0.340. The van der Waals surface area contributed by atoms with Gasteiger partial charge < -0.3 is 10.1 Å². The van der Waals surface area contributed by atoms with Gasteiger partial charge in [-0.25, -0.2) is 13.4 Å². The van der Waals surface area contributed by atoms with Crippen LogP contribution in [0.3, 0.4) is 0 Å². The molecule has 3 aromatic heterocycles. The van der Waals surface area contributed by atoms with Crippen molar-refractivity contribution in [2.24, 2.45) is 0 Å². The molecule has 0 spiro atoms. The molecule has 10 heteroatoms. The Labute approximate surface area is 194 Å². The molecule has 5 aromatic rings. The third kappa shape index (κ3) is 3.70. The maximum absolute atomic E-state index is 13.5. The molecule has 168 valence electrons. The minimum atomic E-state index is -3.93. The zero-order chi connectivity index (χ0) is 23.2. The second-order valence-corrected chi connectivity index (χ2v) is 10.3. The van der Waals surface area contributed by atoms with Crippen LogP contribution in [0.5, 0.6) is 5.75 Å². The van der Waals surface area contributed by atoms with E-state index < -0.39 is 9.84 Å². The predicted octanol–water partition coefficient (Wildman–Crippen LogP) is 4.93. The van der Waals surface area contributed by atoms with Crippen LogP contribution in [0.2, 0.25) is 0 Å². The van der Waals surface area contributed by atoms with E-state index in [2.05, 4.69) is 20.6 Å². The number of nitrogens with one attached hydrogen (secondary N) is 1. The van der Waals surface area contributed by atoms with Crippen molar-refractivity contribution in [2.45, 2.75) is 30.7 Å². The lowest BCUT2D eigenvalue weighted by Crippen LogP contribution is -2.07. The Hall–Kier alpha value is -3.50. The average Bonchev–Trinajstić information content (AvgIpc) is 3.44. The van der Waals surface area contributed by atoms with Gasteiger partial charge in [0.15, 0.2) is 11.5 Å². The van der Waals surface area contributed by atoms with Crippen LogP contribution < -0.4 is 10.1 Å². The molecule has 0 amide bonds. The van der Waals surface area contributed by atoms with E-state index in [0.29, 0.717) is 18.0 Å². The molecule has 0 atom stereocenters. The lowest BCUT2D eigenvalue weighted by Gasteiger charge is -2.10. The number of nitrogens with zero attached hydrogens (tertiary/aromatic N) is 4. The summed E-state index contributed by atoms with van der Waals surface area (Å²) in [5.41, 5.74) is 3.20. The molecule has 0 unspecified atom stereocenters. The van der Waals surface area contributed by atoms with Crippen LogP contribution in [-0.4, -0.2) is 34.8 Å². The molecule has 0 saturated heterocycles. The van der Waals surface area contributed by atoms with Crippen LogP contribution >= 0.6 is 11.3 Å². The van der Waals surface area contributed by atoms with Crippen molar-refractivity contribution in [3.8, 4) is 5.75 Å². The maximum atomic E-state index is 13.5. The maximum Gasteiger partial charge on any atom is 0.229 e. The first-order valence-corrected chi connectivity index (χ1v) is 12.7. The largest absolute Gasteiger partial charge is 0.494 e. The van der Waals surface area contributed by atoms with E-state index in [9.17, 15) is 8.42 Å². The normalized spacial score (nSPS) is 11.8. The summed E-state index contributed by atoms with van der Waals surface area (Å²) in [6.45, 7) is 6.14. The van der Waals surface area contributed by atoms with Gasteiger partial charge in [-0.05, 0) is 73.7 Å². The second kappa shape index (κ2) is 8.13. The van der Waals surface area contributed by atoms with Crippen molar-refractivity contribution in [3.63, 3.8) is 0 Å². The number of fused-ring (bicyclic) bond motifs is 3. The van der Waals surface area contributed by atoms with Crippen LogP contribution in [0.15, 0.2) is 63.8 Å². The van der Waals surface area contributed by atoms with Gasteiger partial charge in [-0.3, -0.25) is 0 Å². The number of anilines is 2. The van der Waals surface area contributed by atoms with Crippen molar-refractivity contribution in [2.75, 3.05) is 11.9 Å². The highest BCUT2D eigenvalue weighted by molar-refractivity contribution is 7.91. The number of hydrogen-bond acceptors (Lipinski definition) is 8. The molecular formula is C23H21N5O3S2. The van der Waals surface area contributed by atoms with E-state index in [1.807, 2.05) is 55.6 Å². The fourth-order valence-electron chi connectivity index (χ4n) is 3.62. The van der Waals surface area contributed by atoms with Gasteiger partial charge in [0.1, 0.15) is 5.75 Å². The third-order valence-electron chi connectivity index (χ3n) is 5.24. The van der Waals surface area contributed by atoms with Crippen molar-refractivity contribution in [1.82, 2.24) is 19.8 Å². The molecule has 0 saturated carbocycles. The predicted molar refractivity (Wildman–Crippen MR) is 128 cm³/mol. The molecule has 2 aromatic carbocycles. The molecule has 1 N–H and O–H groups in total. The molecule has 0 aliphatic carbocycles. The van der Waals surface area contributed by atoms with Crippen molar-refractivity contribution >= 4 is 48.5 Å². The molecular weight excluding hydrogens is 458 g/mol. The summed E-state index contributed by atoms with van der Waals surface area (Å²) in [6, 6.07) is 14.7. The van der Waals surface area contributed by atoms with E-state index >= 15 is 0 Å². The summed E-state index contributed by atoms with van der Waals surface area (Å²) in [5.74, 6) is 1.31. The van der Waals surface area contributed by atoms with Crippen molar-refractivity contribution < 1.29 is 13.2 Å². The van der Waals surface area contributed by atoms with Gasteiger partial charge in [0, 0.05) is 5.69 Å². The highest BCUT2D eigenvalue weighted by atomic mass is 32.2. The standard InChI is InChI=1S/C23H21N5O3S2/c1-4-31-17-9-7-16(8-10-17)24-21-20-18(11-12-32-20)28-22(25-21)23(26-27-28)33(29,30)19-13-14(2)5-6-15(19)3/h5-13H,4H2,1-3H3,(H,24,25). The van der Waals surface area contributed by atoms with E-state index in [1.54, 1.807) is 19.1 Å². The number of thiophene rings is 1. The third-order valence-corrected chi connectivity index (χ3v) is 7.94.